The monoisotopic (exact) mass is 312 g/mol. The van der Waals surface area contributed by atoms with Crippen molar-refractivity contribution in [1.29, 1.82) is 0 Å². The number of imidazole rings is 1. The third-order valence-electron chi connectivity index (χ3n) is 3.40. The van der Waals surface area contributed by atoms with Gasteiger partial charge in [0, 0.05) is 11.6 Å². The van der Waals surface area contributed by atoms with Gasteiger partial charge in [0.1, 0.15) is 17.3 Å². The molecule has 0 radical (unpaired) electrons. The summed E-state index contributed by atoms with van der Waals surface area (Å²) in [6.45, 7) is -0.111. The molecular weight excluding hydrogens is 296 g/mol. The van der Waals surface area contributed by atoms with Gasteiger partial charge in [0.15, 0.2) is 6.61 Å². The summed E-state index contributed by atoms with van der Waals surface area (Å²) in [4.78, 5) is 18.9. The maximum atomic E-state index is 11.1. The Morgan fingerprint density at radius 1 is 1.09 bits per heavy atom. The van der Waals surface area contributed by atoms with Gasteiger partial charge in [-0.2, -0.15) is 0 Å². The number of nitrogens with one attached hydrogen (secondary N) is 1. The van der Waals surface area contributed by atoms with E-state index in [2.05, 4.69) is 14.7 Å². The Morgan fingerprint density at radius 3 is 2.52 bits per heavy atom. The van der Waals surface area contributed by atoms with Crippen LogP contribution in [0.15, 0.2) is 42.5 Å². The molecule has 0 atom stereocenters. The molecule has 0 aliphatic carbocycles. The quantitative estimate of drug-likeness (QED) is 0.733. The second-order valence-corrected chi connectivity index (χ2v) is 4.86. The number of hydrogen-bond donors (Lipinski definition) is 1. The third-order valence-corrected chi connectivity index (χ3v) is 3.40. The largest absolute Gasteiger partial charge is 0.497 e. The molecule has 23 heavy (non-hydrogen) atoms. The molecule has 3 aromatic rings. The highest BCUT2D eigenvalue weighted by atomic mass is 16.6. The molecule has 1 N–H and O–H groups in total. The Balaban J connectivity index is 1.80. The fraction of sp³-hybridized carbons (Fsp3) is 0.176. The first kappa shape index (κ1) is 14.9. The van der Waals surface area contributed by atoms with E-state index >= 15 is 0 Å². The first-order valence-electron chi connectivity index (χ1n) is 7.03. The summed E-state index contributed by atoms with van der Waals surface area (Å²) in [6.07, 6.45) is 0. The van der Waals surface area contributed by atoms with Crippen LogP contribution < -0.4 is 9.47 Å². The van der Waals surface area contributed by atoms with Crippen molar-refractivity contribution in [3.8, 4) is 22.9 Å². The van der Waals surface area contributed by atoms with Gasteiger partial charge in [-0.1, -0.05) is 0 Å². The van der Waals surface area contributed by atoms with Crippen LogP contribution in [-0.2, 0) is 9.53 Å². The van der Waals surface area contributed by atoms with Crippen molar-refractivity contribution < 1.29 is 19.0 Å². The maximum absolute atomic E-state index is 11.1. The molecule has 0 spiro atoms. The molecule has 0 bridgehead atoms. The summed E-state index contributed by atoms with van der Waals surface area (Å²) in [7, 11) is 2.96. The highest BCUT2D eigenvalue weighted by Gasteiger charge is 2.07. The average molecular weight is 312 g/mol. The van der Waals surface area contributed by atoms with Crippen molar-refractivity contribution in [1.82, 2.24) is 9.97 Å². The molecule has 0 saturated carbocycles. The number of fused-ring (bicyclic) bond motifs is 1. The number of aromatic nitrogens is 2. The zero-order valence-electron chi connectivity index (χ0n) is 12.8. The van der Waals surface area contributed by atoms with Crippen LogP contribution in [0.2, 0.25) is 0 Å². The number of methoxy groups -OCH3 is 2. The van der Waals surface area contributed by atoms with Crippen LogP contribution in [0.5, 0.6) is 11.5 Å². The van der Waals surface area contributed by atoms with Gasteiger partial charge in [-0.05, 0) is 36.4 Å². The van der Waals surface area contributed by atoms with Crippen LogP contribution in [0, 0.1) is 0 Å². The summed E-state index contributed by atoms with van der Waals surface area (Å²) in [5.41, 5.74) is 2.70. The fourth-order valence-electron chi connectivity index (χ4n) is 2.16. The molecule has 0 amide bonds. The molecule has 6 nitrogen and oxygen atoms in total. The Hall–Kier alpha value is -3.02. The predicted octanol–water partition coefficient (Wildman–Crippen LogP) is 2.79. The number of carbonyl (C=O) groups excluding carboxylic acids is 1. The number of H-pyrrole nitrogens is 1. The average Bonchev–Trinajstić information content (AvgIpc) is 3.03. The number of carbonyl (C=O) groups is 1. The molecule has 1 heterocycles. The Labute approximate surface area is 133 Å². The molecule has 0 aliphatic heterocycles. The SMILES string of the molecule is COC(=O)COc1ccc(-c2nc3ccc(OC)cc3[nH]2)cc1. The van der Waals surface area contributed by atoms with Gasteiger partial charge in [0.2, 0.25) is 0 Å². The molecule has 1 aromatic heterocycles. The van der Waals surface area contributed by atoms with Crippen molar-refractivity contribution in [2.75, 3.05) is 20.8 Å². The van der Waals surface area contributed by atoms with Gasteiger partial charge in [0.05, 0.1) is 25.3 Å². The van der Waals surface area contributed by atoms with Crippen molar-refractivity contribution >= 4 is 17.0 Å². The lowest BCUT2D eigenvalue weighted by Gasteiger charge is -2.05. The number of benzene rings is 2. The minimum atomic E-state index is -0.416. The predicted molar refractivity (Wildman–Crippen MR) is 85.6 cm³/mol. The molecule has 0 saturated heterocycles. The maximum Gasteiger partial charge on any atom is 0.343 e. The van der Waals surface area contributed by atoms with E-state index < -0.39 is 5.97 Å². The highest BCUT2D eigenvalue weighted by molar-refractivity contribution is 5.80. The van der Waals surface area contributed by atoms with Gasteiger partial charge >= 0.3 is 5.97 Å². The number of esters is 1. The van der Waals surface area contributed by atoms with Crippen LogP contribution in [0.25, 0.3) is 22.4 Å². The zero-order chi connectivity index (χ0) is 16.2. The molecule has 118 valence electrons. The second-order valence-electron chi connectivity index (χ2n) is 4.86. The third kappa shape index (κ3) is 3.26. The smallest absolute Gasteiger partial charge is 0.343 e. The molecule has 0 unspecified atom stereocenters. The minimum Gasteiger partial charge on any atom is -0.497 e. The molecule has 6 heteroatoms. The Morgan fingerprint density at radius 2 is 1.83 bits per heavy atom. The van der Waals surface area contributed by atoms with E-state index in [1.165, 1.54) is 7.11 Å². The summed E-state index contributed by atoms with van der Waals surface area (Å²) >= 11 is 0. The highest BCUT2D eigenvalue weighted by Crippen LogP contribution is 2.25. The zero-order valence-corrected chi connectivity index (χ0v) is 12.8. The fourth-order valence-corrected chi connectivity index (χ4v) is 2.16. The number of rotatable bonds is 5. The minimum absolute atomic E-state index is 0.111. The topological polar surface area (TPSA) is 73.4 Å². The van der Waals surface area contributed by atoms with Gasteiger partial charge in [-0.15, -0.1) is 0 Å². The molecule has 3 rings (SSSR count). The van der Waals surface area contributed by atoms with Crippen LogP contribution in [0.1, 0.15) is 0 Å². The van der Waals surface area contributed by atoms with Crippen LogP contribution >= 0.6 is 0 Å². The molecule has 2 aromatic carbocycles. The molecule has 0 fully saturated rings. The van der Waals surface area contributed by atoms with Crippen molar-refractivity contribution in [3.63, 3.8) is 0 Å². The number of nitrogens with zero attached hydrogens (tertiary/aromatic N) is 1. The van der Waals surface area contributed by atoms with Crippen LogP contribution in [-0.4, -0.2) is 36.8 Å². The Kier molecular flexibility index (Phi) is 4.14. The van der Waals surface area contributed by atoms with Crippen molar-refractivity contribution in [3.05, 3.63) is 42.5 Å². The van der Waals surface area contributed by atoms with Gasteiger partial charge in [0.25, 0.3) is 0 Å². The summed E-state index contributed by atoms with van der Waals surface area (Å²) in [6, 6.07) is 13.0. The second kappa shape index (κ2) is 6.39. The summed E-state index contributed by atoms with van der Waals surface area (Å²) in [5, 5.41) is 0. The lowest BCUT2D eigenvalue weighted by Crippen LogP contribution is -2.12. The summed E-state index contributed by atoms with van der Waals surface area (Å²) in [5.74, 6) is 1.71. The number of ether oxygens (including phenoxy) is 3. The number of aromatic amines is 1. The lowest BCUT2D eigenvalue weighted by atomic mass is 10.2. The van der Waals surface area contributed by atoms with Crippen LogP contribution in [0.3, 0.4) is 0 Å². The molecular formula is C17H16N2O4. The Bertz CT molecular complexity index is 824. The first-order chi connectivity index (χ1) is 11.2. The van der Waals surface area contributed by atoms with E-state index in [9.17, 15) is 4.79 Å². The lowest BCUT2D eigenvalue weighted by molar-refractivity contribution is -0.142. The normalized spacial score (nSPS) is 10.5. The van der Waals surface area contributed by atoms with E-state index in [4.69, 9.17) is 9.47 Å². The first-order valence-corrected chi connectivity index (χ1v) is 7.03. The van der Waals surface area contributed by atoms with Crippen LogP contribution in [0.4, 0.5) is 0 Å². The number of hydrogen-bond acceptors (Lipinski definition) is 5. The molecule has 0 aliphatic rings. The van der Waals surface area contributed by atoms with E-state index in [-0.39, 0.29) is 6.61 Å². The van der Waals surface area contributed by atoms with E-state index in [1.54, 1.807) is 19.2 Å². The van der Waals surface area contributed by atoms with Crippen molar-refractivity contribution in [2.24, 2.45) is 0 Å². The van der Waals surface area contributed by atoms with Crippen molar-refractivity contribution in [2.45, 2.75) is 0 Å². The van der Waals surface area contributed by atoms with E-state index in [0.29, 0.717) is 5.75 Å². The van der Waals surface area contributed by atoms with E-state index in [0.717, 1.165) is 28.2 Å². The summed E-state index contributed by atoms with van der Waals surface area (Å²) < 4.78 is 15.1. The standard InChI is InChI=1S/C17H16N2O4/c1-21-13-7-8-14-15(9-13)19-17(18-14)11-3-5-12(6-4-11)23-10-16(20)22-2/h3-9H,10H2,1-2H3,(H,18,19). The van der Waals surface area contributed by atoms with Gasteiger partial charge in [-0.3, -0.25) is 0 Å². The van der Waals surface area contributed by atoms with E-state index in [1.807, 2.05) is 30.3 Å². The van der Waals surface area contributed by atoms with Gasteiger partial charge in [-0.25, -0.2) is 9.78 Å². The van der Waals surface area contributed by atoms with Gasteiger partial charge < -0.3 is 19.2 Å².